The molecule has 0 aliphatic heterocycles. The predicted molar refractivity (Wildman–Crippen MR) is 167 cm³/mol. The van der Waals surface area contributed by atoms with E-state index in [1.807, 2.05) is 0 Å². The molecule has 36 heavy (non-hydrogen) atoms. The van der Waals surface area contributed by atoms with Gasteiger partial charge in [0.25, 0.3) is 0 Å². The van der Waals surface area contributed by atoms with E-state index in [0.29, 0.717) is 5.52 Å². The summed E-state index contributed by atoms with van der Waals surface area (Å²) in [5.74, 6) is 0. The second-order valence-corrected chi connectivity index (χ2v) is 12.5. The standard InChI is InChI=1S/C34H66OP/c1-3-5-7-9-11-13-15-17-19-20-22-24-26-28-30-32-34(35)36-33-31-29-27-25-23-21-18-16-14-12-10-8-6-4-2/h17,19H,3-16,18,20-33H2,1-2H3/b19-17-. The lowest BCUT2D eigenvalue weighted by molar-refractivity contribution is -0.111. The fourth-order valence-corrected chi connectivity index (χ4v) is 5.88. The van der Waals surface area contributed by atoms with Gasteiger partial charge < -0.3 is 0 Å². The number of carbonyl (C=O) groups is 1. The molecule has 1 nitrogen and oxygen atoms in total. The average Bonchev–Trinajstić information content (AvgIpc) is 2.88. The monoisotopic (exact) mass is 521 g/mol. The maximum atomic E-state index is 12.1. The zero-order chi connectivity index (χ0) is 26.2. The third-order valence-corrected chi connectivity index (χ3v) is 8.57. The molecule has 0 saturated carbocycles. The normalized spacial score (nSPS) is 11.9. The van der Waals surface area contributed by atoms with Crippen LogP contribution in [0.2, 0.25) is 0 Å². The molecule has 2 heteroatoms. The van der Waals surface area contributed by atoms with Crippen LogP contribution in [0.5, 0.6) is 0 Å². The van der Waals surface area contributed by atoms with Crippen LogP contribution >= 0.6 is 8.58 Å². The highest BCUT2D eigenvalue weighted by atomic mass is 31.1. The third kappa shape index (κ3) is 31.9. The molecule has 213 valence electrons. The van der Waals surface area contributed by atoms with Crippen molar-refractivity contribution in [1.82, 2.24) is 0 Å². The molecule has 1 radical (unpaired) electrons. The first-order valence-electron chi connectivity index (χ1n) is 16.7. The van der Waals surface area contributed by atoms with Gasteiger partial charge in [0, 0.05) is 6.42 Å². The van der Waals surface area contributed by atoms with E-state index in [0.717, 1.165) is 27.6 Å². The Kier molecular flexibility index (Phi) is 32.7. The lowest BCUT2D eigenvalue weighted by Gasteiger charge is -2.04. The first-order chi connectivity index (χ1) is 17.8. The Hall–Kier alpha value is -0.160. The fourth-order valence-electron chi connectivity index (χ4n) is 4.94. The molecule has 0 heterocycles. The summed E-state index contributed by atoms with van der Waals surface area (Å²) in [4.78, 5) is 12.1. The van der Waals surface area contributed by atoms with Crippen molar-refractivity contribution < 1.29 is 4.79 Å². The number of allylic oxidation sites excluding steroid dienone is 2. The van der Waals surface area contributed by atoms with Crippen molar-refractivity contribution in [3.05, 3.63) is 12.2 Å². The summed E-state index contributed by atoms with van der Waals surface area (Å²) in [6.07, 6.45) is 43.5. The highest BCUT2D eigenvalue weighted by Gasteiger charge is 2.03. The maximum absolute atomic E-state index is 12.1. The van der Waals surface area contributed by atoms with E-state index in [4.69, 9.17) is 0 Å². The van der Waals surface area contributed by atoms with Crippen LogP contribution in [0.15, 0.2) is 12.2 Å². The van der Waals surface area contributed by atoms with Crippen LogP contribution in [0.4, 0.5) is 0 Å². The summed E-state index contributed by atoms with van der Waals surface area (Å²) in [6, 6.07) is 0. The van der Waals surface area contributed by atoms with Gasteiger partial charge in [0.05, 0.1) is 0 Å². The second kappa shape index (κ2) is 32.9. The van der Waals surface area contributed by atoms with Gasteiger partial charge >= 0.3 is 0 Å². The quantitative estimate of drug-likeness (QED) is 0.0503. The Morgan fingerprint density at radius 3 is 1.19 bits per heavy atom. The molecule has 0 atom stereocenters. The van der Waals surface area contributed by atoms with Crippen molar-refractivity contribution in [2.75, 3.05) is 6.16 Å². The second-order valence-electron chi connectivity index (χ2n) is 11.2. The number of hydrogen-bond acceptors (Lipinski definition) is 1. The Bertz CT molecular complexity index is 444. The van der Waals surface area contributed by atoms with Crippen LogP contribution in [0.3, 0.4) is 0 Å². The Balaban J connectivity index is 3.19. The van der Waals surface area contributed by atoms with Crippen LogP contribution in [0.1, 0.15) is 194 Å². The molecule has 0 saturated heterocycles. The van der Waals surface area contributed by atoms with Gasteiger partial charge in [-0.05, 0) is 53.3 Å². The molecule has 0 spiro atoms. The van der Waals surface area contributed by atoms with E-state index in [2.05, 4.69) is 26.0 Å². The van der Waals surface area contributed by atoms with Gasteiger partial charge in [-0.25, -0.2) is 0 Å². The molecule has 0 aliphatic carbocycles. The van der Waals surface area contributed by atoms with Crippen molar-refractivity contribution >= 4 is 14.1 Å². The van der Waals surface area contributed by atoms with Gasteiger partial charge in [-0.15, -0.1) is 0 Å². The van der Waals surface area contributed by atoms with Crippen molar-refractivity contribution in [3.63, 3.8) is 0 Å². The highest BCUT2D eigenvalue weighted by Crippen LogP contribution is 2.20. The molecule has 0 unspecified atom stereocenters. The smallest absolute Gasteiger partial charge is 0.159 e. The van der Waals surface area contributed by atoms with Crippen molar-refractivity contribution in [3.8, 4) is 0 Å². The zero-order valence-electron chi connectivity index (χ0n) is 25.0. The maximum Gasteiger partial charge on any atom is 0.159 e. The molecule has 0 N–H and O–H groups in total. The molecule has 0 fully saturated rings. The summed E-state index contributed by atoms with van der Waals surface area (Å²) in [5, 5.41) is 0. The topological polar surface area (TPSA) is 17.1 Å². The zero-order valence-corrected chi connectivity index (χ0v) is 25.9. The van der Waals surface area contributed by atoms with E-state index in [9.17, 15) is 4.79 Å². The first-order valence-corrected chi connectivity index (χ1v) is 17.7. The SMILES string of the molecule is CCCCCCCC/C=C\CCCCCCCC(=O)[P]CCCCCCCCCCCCCCCC. The minimum atomic E-state index is 0.488. The van der Waals surface area contributed by atoms with E-state index in [1.165, 1.54) is 167 Å². The first kappa shape index (κ1) is 35.8. The van der Waals surface area contributed by atoms with Gasteiger partial charge in [-0.3, -0.25) is 4.79 Å². The molecule has 0 aliphatic rings. The summed E-state index contributed by atoms with van der Waals surface area (Å²) in [7, 11) is 1.09. The number of rotatable bonds is 31. The third-order valence-electron chi connectivity index (χ3n) is 7.45. The summed E-state index contributed by atoms with van der Waals surface area (Å²) < 4.78 is 0. The Morgan fingerprint density at radius 1 is 0.444 bits per heavy atom. The molecule has 0 rings (SSSR count). The fraction of sp³-hybridized carbons (Fsp3) is 0.912. The van der Waals surface area contributed by atoms with Gasteiger partial charge in [-0.2, -0.15) is 0 Å². The van der Waals surface area contributed by atoms with E-state index >= 15 is 0 Å². The van der Waals surface area contributed by atoms with E-state index < -0.39 is 0 Å². The lowest BCUT2D eigenvalue weighted by Crippen LogP contribution is -1.92. The van der Waals surface area contributed by atoms with Crippen LogP contribution in [-0.2, 0) is 4.79 Å². The molecule has 0 bridgehead atoms. The molecular weight excluding hydrogens is 455 g/mol. The molecule has 0 aromatic rings. The van der Waals surface area contributed by atoms with Crippen molar-refractivity contribution in [2.24, 2.45) is 0 Å². The van der Waals surface area contributed by atoms with Crippen molar-refractivity contribution in [2.45, 2.75) is 194 Å². The van der Waals surface area contributed by atoms with Crippen LogP contribution in [0.25, 0.3) is 0 Å². The number of unbranched alkanes of at least 4 members (excludes halogenated alkanes) is 24. The Morgan fingerprint density at radius 2 is 0.778 bits per heavy atom. The molecular formula is C34H66OP. The van der Waals surface area contributed by atoms with Crippen LogP contribution in [0, 0.1) is 0 Å². The van der Waals surface area contributed by atoms with Gasteiger partial charge in [0.2, 0.25) is 0 Å². The van der Waals surface area contributed by atoms with Crippen LogP contribution in [-0.4, -0.2) is 11.7 Å². The Labute approximate surface area is 230 Å². The highest BCUT2D eigenvalue weighted by molar-refractivity contribution is 7.57. The van der Waals surface area contributed by atoms with E-state index in [1.54, 1.807) is 0 Å². The van der Waals surface area contributed by atoms with Crippen molar-refractivity contribution in [1.29, 1.82) is 0 Å². The van der Waals surface area contributed by atoms with Gasteiger partial charge in [0.1, 0.15) is 0 Å². The largest absolute Gasteiger partial charge is 0.294 e. The number of hydrogen-bond donors (Lipinski definition) is 0. The minimum Gasteiger partial charge on any atom is -0.294 e. The van der Waals surface area contributed by atoms with Gasteiger partial charge in [0.15, 0.2) is 5.52 Å². The summed E-state index contributed by atoms with van der Waals surface area (Å²) in [6.45, 7) is 4.57. The van der Waals surface area contributed by atoms with Gasteiger partial charge in [-0.1, -0.05) is 161 Å². The minimum absolute atomic E-state index is 0.488. The average molecular weight is 522 g/mol. The number of carbonyl (C=O) groups excluding carboxylic acids is 1. The molecule has 0 amide bonds. The van der Waals surface area contributed by atoms with E-state index in [-0.39, 0.29) is 0 Å². The molecule has 0 aromatic heterocycles. The summed E-state index contributed by atoms with van der Waals surface area (Å²) in [5.41, 5.74) is 0.488. The predicted octanol–water partition coefficient (Wildman–Crippen LogP) is 13.0. The lowest BCUT2D eigenvalue weighted by atomic mass is 10.0. The molecule has 0 aromatic carbocycles. The summed E-state index contributed by atoms with van der Waals surface area (Å²) >= 11 is 0. The van der Waals surface area contributed by atoms with Crippen LogP contribution < -0.4 is 0 Å².